The van der Waals surface area contributed by atoms with E-state index in [9.17, 15) is 0 Å². The van der Waals surface area contributed by atoms with Crippen LogP contribution in [0.25, 0.3) is 32.7 Å². The van der Waals surface area contributed by atoms with Crippen LogP contribution in [0.15, 0.2) is 146 Å². The van der Waals surface area contributed by atoms with Gasteiger partial charge in [-0.15, -0.1) is 0 Å². The number of aromatic nitrogens is 3. The summed E-state index contributed by atoms with van der Waals surface area (Å²) in [6.07, 6.45) is 7.30. The Morgan fingerprint density at radius 3 is 0.899 bits per heavy atom. The minimum Gasteiger partial charge on any atom is -0.493 e. The molecular formula is C58H51N5O6. The van der Waals surface area contributed by atoms with Crippen LogP contribution in [0.4, 0.5) is 0 Å². The fraction of sp³-hybridized carbons (Fsp3) is 0.190. The van der Waals surface area contributed by atoms with Gasteiger partial charge in [0.15, 0.2) is 34.5 Å². The maximum Gasteiger partial charge on any atom is 0.161 e. The summed E-state index contributed by atoms with van der Waals surface area (Å²) in [5.41, 5.74) is 12.4. The monoisotopic (exact) mass is 913 g/mol. The number of benzene rings is 6. The highest BCUT2D eigenvalue weighted by Gasteiger charge is 2.23. The van der Waals surface area contributed by atoms with Crippen LogP contribution >= 0.6 is 0 Å². The minimum atomic E-state index is 0.330. The van der Waals surface area contributed by atoms with Gasteiger partial charge in [0.1, 0.15) is 19.8 Å². The summed E-state index contributed by atoms with van der Waals surface area (Å²) < 4.78 is 38.0. The van der Waals surface area contributed by atoms with Gasteiger partial charge in [-0.3, -0.25) is 15.0 Å². The first-order chi connectivity index (χ1) is 33.9. The predicted octanol–water partition coefficient (Wildman–Crippen LogP) is 12.2. The molecule has 6 aromatic carbocycles. The number of fused-ring (bicyclic) bond motifs is 6. The molecule has 9 aromatic rings. The molecule has 11 heteroatoms. The largest absolute Gasteiger partial charge is 0.493 e. The lowest BCUT2D eigenvalue weighted by Gasteiger charge is -2.19. The molecule has 3 aromatic heterocycles. The van der Waals surface area contributed by atoms with Crippen molar-refractivity contribution in [3.63, 3.8) is 0 Å². The summed E-state index contributed by atoms with van der Waals surface area (Å²) in [7, 11) is 5.06. The zero-order valence-electron chi connectivity index (χ0n) is 39.3. The summed E-state index contributed by atoms with van der Waals surface area (Å²) >= 11 is 0. The summed E-state index contributed by atoms with van der Waals surface area (Å²) in [4.78, 5) is 14.0. The lowest BCUT2D eigenvalue weighted by atomic mass is 9.94. The molecule has 0 bridgehead atoms. The molecule has 0 atom stereocenters. The maximum atomic E-state index is 7.32. The molecule has 0 aliphatic heterocycles. The molecule has 0 radical (unpaired) electrons. The number of pyridine rings is 3. The van der Waals surface area contributed by atoms with E-state index >= 15 is 0 Å². The van der Waals surface area contributed by atoms with Gasteiger partial charge in [-0.25, -0.2) is 0 Å². The van der Waals surface area contributed by atoms with E-state index in [2.05, 4.69) is 106 Å². The Bertz CT molecular complexity index is 3000. The summed E-state index contributed by atoms with van der Waals surface area (Å²) in [6.45, 7) is 3.85. The smallest absolute Gasteiger partial charge is 0.161 e. The molecule has 69 heavy (non-hydrogen) atoms. The number of hydrogen-bond acceptors (Lipinski definition) is 11. The number of hydrogen-bond donors (Lipinski definition) is 0. The summed E-state index contributed by atoms with van der Waals surface area (Å²) in [6, 6.07) is 46.7. The van der Waals surface area contributed by atoms with Crippen molar-refractivity contribution in [2.24, 2.45) is 0 Å². The maximum absolute atomic E-state index is 7.32. The van der Waals surface area contributed by atoms with Crippen LogP contribution < -0.4 is 28.4 Å². The first kappa shape index (κ1) is 46.8. The van der Waals surface area contributed by atoms with Crippen molar-refractivity contribution in [3.8, 4) is 46.6 Å². The number of nitriles is 2. The number of rotatable bonds is 12. The molecule has 0 fully saturated rings. The number of para-hydroxylation sites is 3. The first-order valence-corrected chi connectivity index (χ1v) is 22.5. The van der Waals surface area contributed by atoms with Gasteiger partial charge in [0, 0.05) is 65.3 Å². The molecule has 1 aliphatic rings. The topological polar surface area (TPSA) is 142 Å². The van der Waals surface area contributed by atoms with E-state index in [0.717, 1.165) is 82.8 Å². The Kier molecular flexibility index (Phi) is 15.1. The Balaban J connectivity index is 0.00000102. The van der Waals surface area contributed by atoms with Gasteiger partial charge in [-0.1, -0.05) is 72.8 Å². The van der Waals surface area contributed by atoms with Crippen molar-refractivity contribution in [1.82, 2.24) is 15.0 Å². The van der Waals surface area contributed by atoms with Crippen LogP contribution in [0, 0.1) is 22.7 Å². The highest BCUT2D eigenvalue weighted by Crippen LogP contribution is 2.42. The van der Waals surface area contributed by atoms with E-state index in [4.69, 9.17) is 38.9 Å². The molecule has 0 saturated carbocycles. The van der Waals surface area contributed by atoms with Gasteiger partial charge in [0.2, 0.25) is 0 Å². The van der Waals surface area contributed by atoms with Crippen molar-refractivity contribution in [2.75, 3.05) is 21.3 Å². The third-order valence-corrected chi connectivity index (χ3v) is 11.9. The molecule has 11 nitrogen and oxygen atoms in total. The van der Waals surface area contributed by atoms with Crippen LogP contribution in [-0.2, 0) is 39.1 Å². The van der Waals surface area contributed by atoms with Gasteiger partial charge in [0.25, 0.3) is 0 Å². The average molecular weight is 914 g/mol. The predicted molar refractivity (Wildman–Crippen MR) is 268 cm³/mol. The van der Waals surface area contributed by atoms with Crippen molar-refractivity contribution in [1.29, 1.82) is 10.5 Å². The Hall–Kier alpha value is -8.67. The van der Waals surface area contributed by atoms with E-state index in [1.807, 2.05) is 55.0 Å². The molecule has 0 unspecified atom stereocenters. The van der Waals surface area contributed by atoms with Gasteiger partial charge >= 0.3 is 0 Å². The average Bonchev–Trinajstić information content (AvgIpc) is 3.44. The van der Waals surface area contributed by atoms with Crippen molar-refractivity contribution in [3.05, 3.63) is 196 Å². The second-order valence-corrected chi connectivity index (χ2v) is 16.1. The molecular weight excluding hydrogens is 863 g/mol. The van der Waals surface area contributed by atoms with Gasteiger partial charge in [-0.2, -0.15) is 10.5 Å². The molecule has 0 N–H and O–H groups in total. The third kappa shape index (κ3) is 10.6. The van der Waals surface area contributed by atoms with Crippen molar-refractivity contribution < 1.29 is 28.4 Å². The second kappa shape index (κ2) is 22.2. The number of nitrogens with zero attached hydrogens (tertiary/aromatic N) is 5. The highest BCUT2D eigenvalue weighted by atomic mass is 16.5. The Morgan fingerprint density at radius 1 is 0.391 bits per heavy atom. The fourth-order valence-electron chi connectivity index (χ4n) is 8.67. The van der Waals surface area contributed by atoms with Crippen molar-refractivity contribution in [2.45, 2.75) is 52.9 Å². The lowest BCUT2D eigenvalue weighted by molar-refractivity contribution is 0.284. The zero-order valence-corrected chi connectivity index (χ0v) is 39.3. The minimum absolute atomic E-state index is 0.330. The molecule has 0 spiro atoms. The van der Waals surface area contributed by atoms with E-state index in [-0.39, 0.29) is 0 Å². The van der Waals surface area contributed by atoms with Crippen LogP contribution in [0.1, 0.15) is 63.9 Å². The zero-order chi connectivity index (χ0) is 48.1. The standard InChI is InChI=1S/C54H45N3O6.2C2H3N/c1-58-46-25-40-22-44-29-50(62-32-38-14-5-11-35-17-8-20-56-53(35)38)48(60-3)27-42(44)24-45-30-51(63-33-39-15-6-12-36-18-9-21-57-54(36)39)47(59-2)26-41(45)23-43(40)28-49(46)61-31-37-13-4-10-34-16-7-19-55-52(34)37;2*1-2-3/h4-21,25-30H,22-24,31-33H2,1-3H3;2*1H3. The summed E-state index contributed by atoms with van der Waals surface area (Å²) in [5.74, 6) is 3.93. The van der Waals surface area contributed by atoms with E-state index in [1.165, 1.54) is 13.8 Å². The highest BCUT2D eigenvalue weighted by molar-refractivity contribution is 5.83. The summed E-state index contributed by atoms with van der Waals surface area (Å²) in [5, 5.41) is 17.8. The second-order valence-electron chi connectivity index (χ2n) is 16.1. The Labute approximate surface area is 402 Å². The SMILES string of the molecule is CC#N.CC#N.COc1cc2c(cc1OCc1cccc3cccnc13)Cc1cc(OC)c(OCc3cccc4cccnc34)cc1Cc1cc(OC)c(OCc3cccc4cccnc34)cc1C2. The first-order valence-electron chi connectivity index (χ1n) is 22.5. The number of ether oxygens (including phenoxy) is 6. The van der Waals surface area contributed by atoms with E-state index in [0.29, 0.717) is 73.6 Å². The lowest BCUT2D eigenvalue weighted by Crippen LogP contribution is -2.05. The van der Waals surface area contributed by atoms with Crippen LogP contribution in [-0.4, -0.2) is 36.3 Å². The fourth-order valence-corrected chi connectivity index (χ4v) is 8.67. The quantitative estimate of drug-likeness (QED) is 0.116. The van der Waals surface area contributed by atoms with Crippen LogP contribution in [0.5, 0.6) is 34.5 Å². The molecule has 344 valence electrons. The van der Waals surface area contributed by atoms with Crippen molar-refractivity contribution >= 4 is 32.7 Å². The molecule has 3 heterocycles. The van der Waals surface area contributed by atoms with E-state index < -0.39 is 0 Å². The Morgan fingerprint density at radius 2 is 0.638 bits per heavy atom. The molecule has 0 saturated heterocycles. The van der Waals surface area contributed by atoms with Gasteiger partial charge in [0.05, 0.1) is 50.0 Å². The molecule has 10 rings (SSSR count). The van der Waals surface area contributed by atoms with Gasteiger partial charge in [-0.05, 0) is 107 Å². The van der Waals surface area contributed by atoms with E-state index in [1.54, 1.807) is 33.5 Å². The van der Waals surface area contributed by atoms with Crippen LogP contribution in [0.3, 0.4) is 0 Å². The van der Waals surface area contributed by atoms with Gasteiger partial charge < -0.3 is 28.4 Å². The third-order valence-electron chi connectivity index (χ3n) is 11.9. The normalized spacial score (nSPS) is 11.2. The molecule has 1 aliphatic carbocycles. The molecule has 0 amide bonds. The van der Waals surface area contributed by atoms with Crippen LogP contribution in [0.2, 0.25) is 0 Å². The number of methoxy groups -OCH3 is 3.